The smallest absolute Gasteiger partial charge is 0.338 e. The number of benzene rings is 3. The first-order valence-corrected chi connectivity index (χ1v) is 15.8. The third-order valence-electron chi connectivity index (χ3n) is 9.09. The van der Waals surface area contributed by atoms with Gasteiger partial charge in [0.25, 0.3) is 0 Å². The Kier molecular flexibility index (Phi) is 10.5. The highest BCUT2D eigenvalue weighted by atomic mass is 19.2. The van der Waals surface area contributed by atoms with Crippen LogP contribution in [-0.4, -0.2) is 25.3 Å². The van der Waals surface area contributed by atoms with Crippen molar-refractivity contribution in [1.29, 1.82) is 0 Å². The van der Waals surface area contributed by atoms with Gasteiger partial charge in [0.2, 0.25) is 11.6 Å². The van der Waals surface area contributed by atoms with Gasteiger partial charge in [0, 0.05) is 0 Å². The molecule has 0 aromatic heterocycles. The highest BCUT2D eigenvalue weighted by Gasteiger charge is 2.30. The maximum atomic E-state index is 14.8. The van der Waals surface area contributed by atoms with Gasteiger partial charge < -0.3 is 14.2 Å². The number of hydrogen-bond donors (Lipinski definition) is 0. The summed E-state index contributed by atoms with van der Waals surface area (Å²) >= 11 is 0. The van der Waals surface area contributed by atoms with Gasteiger partial charge >= 0.3 is 5.97 Å². The van der Waals surface area contributed by atoms with Crippen LogP contribution in [0, 0.1) is 23.3 Å². The van der Waals surface area contributed by atoms with E-state index in [2.05, 4.69) is 0 Å². The van der Waals surface area contributed by atoms with Crippen LogP contribution < -0.4 is 9.47 Å². The number of halogens is 4. The SMILES string of the molecule is CCCOc1ccc(C2CCC(OC(=O)c3ccc(C4CCC(c5ccc(OCC)c(F)c5F)CC4)cc3)CC2)c(F)c1F. The molecule has 2 aliphatic carbocycles. The summed E-state index contributed by atoms with van der Waals surface area (Å²) in [6, 6.07) is 13.7. The van der Waals surface area contributed by atoms with E-state index in [1.165, 1.54) is 12.1 Å². The topological polar surface area (TPSA) is 44.8 Å². The van der Waals surface area contributed by atoms with Gasteiger partial charge in [-0.2, -0.15) is 8.78 Å². The van der Waals surface area contributed by atoms with Crippen LogP contribution >= 0.6 is 0 Å². The Morgan fingerprint density at radius 2 is 1.14 bits per heavy atom. The van der Waals surface area contributed by atoms with Crippen LogP contribution in [0.5, 0.6) is 11.5 Å². The van der Waals surface area contributed by atoms with Crippen molar-refractivity contribution >= 4 is 5.97 Å². The van der Waals surface area contributed by atoms with Crippen molar-refractivity contribution in [2.75, 3.05) is 13.2 Å². The zero-order valence-electron chi connectivity index (χ0n) is 25.4. The molecule has 0 saturated heterocycles. The molecule has 2 aliphatic rings. The van der Waals surface area contributed by atoms with Gasteiger partial charge in [0.1, 0.15) is 6.10 Å². The van der Waals surface area contributed by atoms with Crippen molar-refractivity contribution in [1.82, 2.24) is 0 Å². The molecule has 8 heteroatoms. The summed E-state index contributed by atoms with van der Waals surface area (Å²) in [6.45, 7) is 4.23. The summed E-state index contributed by atoms with van der Waals surface area (Å²) in [4.78, 5) is 12.9. The molecule has 0 amide bonds. The zero-order valence-corrected chi connectivity index (χ0v) is 25.4. The maximum absolute atomic E-state index is 14.8. The Morgan fingerprint density at radius 3 is 1.66 bits per heavy atom. The fourth-order valence-electron chi connectivity index (χ4n) is 6.65. The standard InChI is InChI=1S/C36H40F4O4/c1-3-21-43-31-20-18-29(33(38)35(31)40)25-13-15-27(16-14-25)44-36(41)26-11-7-23(8-12-26)22-5-9-24(10-6-22)28-17-19-30(42-4-2)34(39)32(28)37/h7-8,11-12,17-20,22,24-25,27H,3-6,9-10,13-16,21H2,1-2H3. The van der Waals surface area contributed by atoms with Crippen molar-refractivity contribution in [2.24, 2.45) is 0 Å². The van der Waals surface area contributed by atoms with Gasteiger partial charge in [0.05, 0.1) is 18.8 Å². The van der Waals surface area contributed by atoms with Crippen LogP contribution in [0.3, 0.4) is 0 Å². The van der Waals surface area contributed by atoms with E-state index in [0.29, 0.717) is 55.4 Å². The minimum Gasteiger partial charge on any atom is -0.491 e. The minimum atomic E-state index is -0.946. The number of carbonyl (C=O) groups is 1. The Labute approximate surface area is 256 Å². The Hall–Kier alpha value is -3.55. The van der Waals surface area contributed by atoms with Crippen LogP contribution in [0.2, 0.25) is 0 Å². The molecule has 0 radical (unpaired) electrons. The molecule has 0 N–H and O–H groups in total. The maximum Gasteiger partial charge on any atom is 0.338 e. The Balaban J connectivity index is 1.11. The molecule has 2 saturated carbocycles. The lowest BCUT2D eigenvalue weighted by molar-refractivity contribution is 0.0194. The van der Waals surface area contributed by atoms with Crippen molar-refractivity contribution in [3.63, 3.8) is 0 Å². The monoisotopic (exact) mass is 612 g/mol. The summed E-state index contributed by atoms with van der Waals surface area (Å²) in [7, 11) is 0. The quantitative estimate of drug-likeness (QED) is 0.169. The molecule has 2 fully saturated rings. The second kappa shape index (κ2) is 14.5. The molecular formula is C36H40F4O4. The number of rotatable bonds is 10. The molecule has 0 unspecified atom stereocenters. The molecule has 44 heavy (non-hydrogen) atoms. The summed E-state index contributed by atoms with van der Waals surface area (Å²) in [6.07, 6.45) is 5.94. The molecule has 0 aliphatic heterocycles. The predicted molar refractivity (Wildman–Crippen MR) is 160 cm³/mol. The molecule has 0 bridgehead atoms. The van der Waals surface area contributed by atoms with Gasteiger partial charge in [0.15, 0.2) is 23.1 Å². The van der Waals surface area contributed by atoms with Gasteiger partial charge in [-0.1, -0.05) is 31.2 Å². The van der Waals surface area contributed by atoms with Crippen LogP contribution in [0.1, 0.15) is 116 Å². The van der Waals surface area contributed by atoms with E-state index in [1.54, 1.807) is 31.2 Å². The minimum absolute atomic E-state index is 0.0459. The molecule has 0 spiro atoms. The summed E-state index contributed by atoms with van der Waals surface area (Å²) in [5.41, 5.74) is 2.33. The summed E-state index contributed by atoms with van der Waals surface area (Å²) < 4.78 is 74.6. The van der Waals surface area contributed by atoms with Crippen LogP contribution in [-0.2, 0) is 4.74 Å². The lowest BCUT2D eigenvalue weighted by Gasteiger charge is -2.30. The van der Waals surface area contributed by atoms with E-state index < -0.39 is 29.2 Å². The summed E-state index contributed by atoms with van der Waals surface area (Å²) in [5, 5.41) is 0. The van der Waals surface area contributed by atoms with Crippen molar-refractivity contribution in [2.45, 2.75) is 95.5 Å². The van der Waals surface area contributed by atoms with E-state index in [1.807, 2.05) is 19.1 Å². The fourth-order valence-corrected chi connectivity index (χ4v) is 6.65. The predicted octanol–water partition coefficient (Wildman–Crippen LogP) is 9.76. The van der Waals surface area contributed by atoms with Gasteiger partial charge in [-0.05, 0) is 123 Å². The molecule has 236 valence electrons. The number of ether oxygens (including phenoxy) is 3. The fraction of sp³-hybridized carbons (Fsp3) is 0.472. The van der Waals surface area contributed by atoms with Crippen LogP contribution in [0.25, 0.3) is 0 Å². The van der Waals surface area contributed by atoms with Crippen molar-refractivity contribution in [3.8, 4) is 11.5 Å². The molecule has 3 aromatic carbocycles. The Bertz CT molecular complexity index is 1430. The highest BCUT2D eigenvalue weighted by molar-refractivity contribution is 5.89. The van der Waals surface area contributed by atoms with Gasteiger partial charge in [-0.15, -0.1) is 0 Å². The first kappa shape index (κ1) is 31.9. The normalized spacial score (nSPS) is 22.0. The average Bonchev–Trinajstić information content (AvgIpc) is 3.05. The lowest BCUT2D eigenvalue weighted by atomic mass is 9.76. The van der Waals surface area contributed by atoms with Crippen molar-refractivity contribution in [3.05, 3.63) is 94.1 Å². The third kappa shape index (κ3) is 7.05. The van der Waals surface area contributed by atoms with E-state index in [9.17, 15) is 22.4 Å². The van der Waals surface area contributed by atoms with Crippen LogP contribution in [0.15, 0.2) is 48.5 Å². The first-order valence-electron chi connectivity index (χ1n) is 15.8. The van der Waals surface area contributed by atoms with E-state index in [0.717, 1.165) is 31.2 Å². The van der Waals surface area contributed by atoms with E-state index in [4.69, 9.17) is 14.2 Å². The van der Waals surface area contributed by atoms with E-state index >= 15 is 0 Å². The van der Waals surface area contributed by atoms with E-state index in [-0.39, 0.29) is 42.0 Å². The third-order valence-corrected chi connectivity index (χ3v) is 9.09. The molecule has 5 rings (SSSR count). The Morgan fingerprint density at radius 1 is 0.636 bits per heavy atom. The largest absolute Gasteiger partial charge is 0.491 e. The van der Waals surface area contributed by atoms with Crippen molar-refractivity contribution < 1.29 is 36.6 Å². The second-order valence-electron chi connectivity index (χ2n) is 11.9. The lowest BCUT2D eigenvalue weighted by Crippen LogP contribution is -2.24. The first-order chi connectivity index (χ1) is 21.3. The molecular weight excluding hydrogens is 572 g/mol. The highest BCUT2D eigenvalue weighted by Crippen LogP contribution is 2.42. The molecule has 0 heterocycles. The summed E-state index contributed by atoms with van der Waals surface area (Å²) in [5.74, 6) is -3.97. The number of esters is 1. The molecule has 0 atom stereocenters. The number of carbonyl (C=O) groups excluding carboxylic acids is 1. The number of hydrogen-bond acceptors (Lipinski definition) is 4. The second-order valence-corrected chi connectivity index (χ2v) is 11.9. The molecule has 4 nitrogen and oxygen atoms in total. The van der Waals surface area contributed by atoms with Crippen LogP contribution in [0.4, 0.5) is 17.6 Å². The van der Waals surface area contributed by atoms with Gasteiger partial charge in [-0.3, -0.25) is 0 Å². The van der Waals surface area contributed by atoms with Gasteiger partial charge in [-0.25, -0.2) is 13.6 Å². The average molecular weight is 613 g/mol. The zero-order chi connectivity index (χ0) is 31.2. The molecule has 3 aromatic rings.